The normalized spacial score (nSPS) is 16.5. The number of carbonyl (C=O) groups excluding carboxylic acids is 2. The molecule has 0 fully saturated rings. The second-order valence-electron chi connectivity index (χ2n) is 5.66. The third kappa shape index (κ3) is 3.65. The number of rotatable bonds is 4. The molecule has 2 radical (unpaired) electrons. The van der Waals surface area contributed by atoms with Crippen LogP contribution in [0.5, 0.6) is 0 Å². The molecule has 0 saturated carbocycles. The quantitative estimate of drug-likeness (QED) is 0.833. The molecule has 1 N–H and O–H groups in total. The van der Waals surface area contributed by atoms with E-state index >= 15 is 0 Å². The summed E-state index contributed by atoms with van der Waals surface area (Å²) in [7, 11) is 5.70. The maximum Gasteiger partial charge on any atom is 0.254 e. The Hall–Kier alpha value is -2.84. The van der Waals surface area contributed by atoms with Crippen LogP contribution < -0.4 is 10.8 Å². The predicted octanol–water partition coefficient (Wildman–Crippen LogP) is 0.803. The summed E-state index contributed by atoms with van der Waals surface area (Å²) in [6.45, 7) is -0.910. The summed E-state index contributed by atoms with van der Waals surface area (Å²) in [6.07, 6.45) is 1.82. The highest BCUT2D eigenvalue weighted by atomic mass is 19.1. The van der Waals surface area contributed by atoms with Gasteiger partial charge in [-0.2, -0.15) is 0 Å². The molecule has 6 nitrogen and oxygen atoms in total. The second-order valence-corrected chi connectivity index (χ2v) is 5.66. The topological polar surface area (TPSA) is 75.2 Å². The summed E-state index contributed by atoms with van der Waals surface area (Å²) in [5.74, 6) is -2.20. The van der Waals surface area contributed by atoms with Crippen LogP contribution in [0.3, 0.4) is 0 Å². The summed E-state index contributed by atoms with van der Waals surface area (Å²) in [5, 5.41) is 2.37. The van der Waals surface area contributed by atoms with Crippen LogP contribution in [0.4, 0.5) is 14.7 Å². The molecule has 9 heteroatoms. The van der Waals surface area contributed by atoms with E-state index in [4.69, 9.17) is 7.85 Å². The Kier molecular flexibility index (Phi) is 4.73. The molecular formula is C16H15BF2N4O2. The fourth-order valence-electron chi connectivity index (χ4n) is 2.71. The largest absolute Gasteiger partial charge is 0.329 e. The number of carbonyl (C=O) groups is 2. The number of aromatic nitrogens is 2. The van der Waals surface area contributed by atoms with E-state index < -0.39 is 24.3 Å². The number of alkyl halides is 1. The number of hydrogen-bond acceptors (Lipinski definition) is 4. The van der Waals surface area contributed by atoms with E-state index in [0.29, 0.717) is 16.6 Å². The lowest BCUT2D eigenvalue weighted by Crippen LogP contribution is -2.45. The van der Waals surface area contributed by atoms with Gasteiger partial charge in [-0.25, -0.2) is 14.4 Å². The van der Waals surface area contributed by atoms with Crippen molar-refractivity contribution in [2.24, 2.45) is 0 Å². The minimum atomic E-state index is -0.678. The zero-order valence-corrected chi connectivity index (χ0v) is 13.1. The molecule has 0 bridgehead atoms. The van der Waals surface area contributed by atoms with Gasteiger partial charge in [-0.05, 0) is 11.6 Å². The predicted molar refractivity (Wildman–Crippen MR) is 89.2 cm³/mol. The number of hydrogen-bond donors (Lipinski definition) is 1. The van der Waals surface area contributed by atoms with Crippen LogP contribution >= 0.6 is 0 Å². The molecule has 1 aliphatic heterocycles. The zero-order valence-electron chi connectivity index (χ0n) is 13.1. The van der Waals surface area contributed by atoms with Crippen molar-refractivity contribution in [1.29, 1.82) is 0 Å². The third-order valence-corrected chi connectivity index (χ3v) is 3.87. The Bertz CT molecular complexity index is 822. The van der Waals surface area contributed by atoms with E-state index in [1.165, 1.54) is 11.0 Å². The number of fused-ring (bicyclic) bond motifs is 1. The van der Waals surface area contributed by atoms with E-state index in [9.17, 15) is 18.4 Å². The monoisotopic (exact) mass is 344 g/mol. The van der Waals surface area contributed by atoms with Crippen molar-refractivity contribution in [2.45, 2.75) is 5.92 Å². The molecule has 0 unspecified atom stereocenters. The molecule has 0 saturated heterocycles. The lowest BCUT2D eigenvalue weighted by Gasteiger charge is -2.33. The number of nitrogens with zero attached hydrogens (tertiary/aromatic N) is 3. The number of benzene rings is 1. The second kappa shape index (κ2) is 6.96. The minimum Gasteiger partial charge on any atom is -0.329 e. The fourth-order valence-corrected chi connectivity index (χ4v) is 2.71. The van der Waals surface area contributed by atoms with E-state index in [0.717, 1.165) is 12.4 Å². The lowest BCUT2D eigenvalue weighted by molar-refractivity contribution is -0.117. The van der Waals surface area contributed by atoms with E-state index in [2.05, 4.69) is 15.3 Å². The minimum absolute atomic E-state index is 0. The molecule has 3 rings (SSSR count). The van der Waals surface area contributed by atoms with Gasteiger partial charge >= 0.3 is 0 Å². The molecule has 2 heterocycles. The van der Waals surface area contributed by atoms with Crippen LogP contribution in [0.25, 0.3) is 0 Å². The Morgan fingerprint density at radius 2 is 2.12 bits per heavy atom. The molecule has 25 heavy (non-hydrogen) atoms. The summed E-state index contributed by atoms with van der Waals surface area (Å²) < 4.78 is 26.1. The van der Waals surface area contributed by atoms with Crippen molar-refractivity contribution in [3.63, 3.8) is 0 Å². The van der Waals surface area contributed by atoms with Crippen molar-refractivity contribution in [3.05, 3.63) is 47.5 Å². The molecule has 2 aromatic rings. The van der Waals surface area contributed by atoms with E-state index in [-0.39, 0.29) is 26.4 Å². The molecule has 1 atom stereocenters. The summed E-state index contributed by atoms with van der Waals surface area (Å²) in [5.41, 5.74) is 1.32. The van der Waals surface area contributed by atoms with Crippen LogP contribution in [0.1, 0.15) is 23.3 Å². The van der Waals surface area contributed by atoms with Crippen molar-refractivity contribution in [1.82, 2.24) is 14.9 Å². The first-order chi connectivity index (χ1) is 12.0. The average Bonchev–Trinajstić information content (AvgIpc) is 2.59. The summed E-state index contributed by atoms with van der Waals surface area (Å²) in [4.78, 5) is 33.1. The van der Waals surface area contributed by atoms with Gasteiger partial charge in [-0.15, -0.1) is 0 Å². The third-order valence-electron chi connectivity index (χ3n) is 3.87. The highest BCUT2D eigenvalue weighted by Gasteiger charge is 2.32. The molecule has 1 aliphatic rings. The van der Waals surface area contributed by atoms with Crippen LogP contribution in [0.2, 0.25) is 0 Å². The van der Waals surface area contributed by atoms with Crippen LogP contribution in [-0.2, 0) is 4.79 Å². The van der Waals surface area contributed by atoms with Gasteiger partial charge in [0.25, 0.3) is 5.91 Å². The Balaban J connectivity index is 0.00000243. The first-order valence-electron chi connectivity index (χ1n) is 7.50. The smallest absolute Gasteiger partial charge is 0.254 e. The molecule has 0 aliphatic carbocycles. The van der Waals surface area contributed by atoms with Gasteiger partial charge in [0, 0.05) is 19.5 Å². The Morgan fingerprint density at radius 3 is 2.80 bits per heavy atom. The van der Waals surface area contributed by atoms with Gasteiger partial charge in [0.15, 0.2) is 5.82 Å². The number of nitrogens with one attached hydrogen (secondary N) is 1. The van der Waals surface area contributed by atoms with E-state index in [1.54, 1.807) is 12.1 Å². The molecule has 0 spiro atoms. The summed E-state index contributed by atoms with van der Waals surface area (Å²) in [6, 6.07) is 4.67. The molecule has 128 valence electrons. The average molecular weight is 344 g/mol. The van der Waals surface area contributed by atoms with Gasteiger partial charge < -0.3 is 4.90 Å². The zero-order chi connectivity index (χ0) is 18.0. The maximum atomic E-state index is 13.4. The lowest BCUT2D eigenvalue weighted by atomic mass is 9.84. The number of amides is 2. The first-order valence-corrected chi connectivity index (χ1v) is 7.50. The number of halogens is 2. The highest BCUT2D eigenvalue weighted by molar-refractivity contribution is 6.32. The molecule has 2 amide bonds. The van der Waals surface area contributed by atoms with Crippen LogP contribution in [0.15, 0.2) is 30.6 Å². The summed E-state index contributed by atoms with van der Waals surface area (Å²) >= 11 is 0. The van der Waals surface area contributed by atoms with Gasteiger partial charge in [-0.3, -0.25) is 19.3 Å². The van der Waals surface area contributed by atoms with Gasteiger partial charge in [-0.1, -0.05) is 17.6 Å². The standard InChI is InChI=1S/C16H13BF2N4O2.H2/c17-10-1-2-12-13(3-10)9(4-18)7-23(15(12)25)8-14(24)22-16-20-5-11(19)6-21-16;/h1-3,5-6,9H,4,7-8H2,(H,20,21,22,24);1H/t9-;/m0./s1. The first kappa shape index (κ1) is 17.0. The van der Waals surface area contributed by atoms with E-state index in [1.807, 2.05) is 0 Å². The Labute approximate surface area is 145 Å². The SMILES string of the molecule is [B]c1ccc2c(c1)[C@@H](CF)CN(CC(=O)Nc1ncc(F)cn1)C2=O.[HH]. The molecular weight excluding hydrogens is 329 g/mol. The van der Waals surface area contributed by atoms with Crippen molar-refractivity contribution in [2.75, 3.05) is 25.1 Å². The number of anilines is 1. The maximum absolute atomic E-state index is 13.4. The van der Waals surface area contributed by atoms with Crippen LogP contribution in [0, 0.1) is 5.82 Å². The van der Waals surface area contributed by atoms with Crippen molar-refractivity contribution < 1.29 is 19.8 Å². The van der Waals surface area contributed by atoms with Crippen LogP contribution in [-0.4, -0.2) is 54.3 Å². The Morgan fingerprint density at radius 1 is 1.40 bits per heavy atom. The van der Waals surface area contributed by atoms with Gasteiger partial charge in [0.05, 0.1) is 19.1 Å². The fraction of sp³-hybridized carbons (Fsp3) is 0.250. The van der Waals surface area contributed by atoms with Gasteiger partial charge in [0.1, 0.15) is 14.4 Å². The molecule has 1 aromatic carbocycles. The van der Waals surface area contributed by atoms with Crippen molar-refractivity contribution in [3.8, 4) is 0 Å². The van der Waals surface area contributed by atoms with Gasteiger partial charge in [0.2, 0.25) is 11.9 Å². The highest BCUT2D eigenvalue weighted by Crippen LogP contribution is 2.27. The van der Waals surface area contributed by atoms with Crippen molar-refractivity contribution >= 4 is 31.1 Å². The molecule has 1 aromatic heterocycles.